The standard InChI is InChI=1S/C14H19NO5S/c1-9-7-15(8-10(9)2)21(18,19)11-4-5-13(16)12(6-11)14(17)20-3/h4-6,9-10,16H,7-8H2,1-3H3. The van der Waals surface area contributed by atoms with Gasteiger partial charge in [-0.15, -0.1) is 0 Å². The Bertz CT molecular complexity index is 645. The fraction of sp³-hybridized carbons (Fsp3) is 0.500. The number of esters is 1. The lowest BCUT2D eigenvalue weighted by atomic mass is 10.0. The number of carbonyl (C=O) groups excluding carboxylic acids is 1. The van der Waals surface area contributed by atoms with Crippen LogP contribution < -0.4 is 0 Å². The van der Waals surface area contributed by atoms with Crippen molar-refractivity contribution in [3.05, 3.63) is 23.8 Å². The van der Waals surface area contributed by atoms with Crippen LogP contribution in [0.5, 0.6) is 5.75 Å². The summed E-state index contributed by atoms with van der Waals surface area (Å²) >= 11 is 0. The van der Waals surface area contributed by atoms with Crippen molar-refractivity contribution >= 4 is 16.0 Å². The van der Waals surface area contributed by atoms with Crippen molar-refractivity contribution in [1.82, 2.24) is 4.31 Å². The van der Waals surface area contributed by atoms with Gasteiger partial charge in [0.2, 0.25) is 10.0 Å². The summed E-state index contributed by atoms with van der Waals surface area (Å²) in [4.78, 5) is 11.5. The number of sulfonamides is 1. The molecule has 21 heavy (non-hydrogen) atoms. The molecule has 2 rings (SSSR count). The number of carbonyl (C=O) groups is 1. The number of phenols is 1. The van der Waals surface area contributed by atoms with Gasteiger partial charge in [0.15, 0.2) is 0 Å². The van der Waals surface area contributed by atoms with E-state index < -0.39 is 16.0 Å². The number of methoxy groups -OCH3 is 1. The van der Waals surface area contributed by atoms with Gasteiger partial charge in [0.1, 0.15) is 11.3 Å². The van der Waals surface area contributed by atoms with E-state index >= 15 is 0 Å². The summed E-state index contributed by atoms with van der Waals surface area (Å²) in [5, 5.41) is 9.64. The zero-order valence-corrected chi connectivity index (χ0v) is 13.1. The monoisotopic (exact) mass is 313 g/mol. The number of hydrogen-bond acceptors (Lipinski definition) is 5. The van der Waals surface area contributed by atoms with Gasteiger partial charge < -0.3 is 9.84 Å². The van der Waals surface area contributed by atoms with Crippen LogP contribution >= 0.6 is 0 Å². The highest BCUT2D eigenvalue weighted by Crippen LogP contribution is 2.30. The average molecular weight is 313 g/mol. The molecule has 1 aromatic carbocycles. The minimum atomic E-state index is -3.67. The molecule has 1 aliphatic heterocycles. The van der Waals surface area contributed by atoms with Crippen molar-refractivity contribution in [1.29, 1.82) is 0 Å². The van der Waals surface area contributed by atoms with E-state index in [1.165, 1.54) is 23.5 Å². The van der Waals surface area contributed by atoms with Crippen LogP contribution in [0.1, 0.15) is 24.2 Å². The zero-order chi connectivity index (χ0) is 15.8. The van der Waals surface area contributed by atoms with Crippen LogP contribution in [0.25, 0.3) is 0 Å². The minimum Gasteiger partial charge on any atom is -0.507 e. The smallest absolute Gasteiger partial charge is 0.341 e. The van der Waals surface area contributed by atoms with Crippen LogP contribution in [0, 0.1) is 11.8 Å². The summed E-state index contributed by atoms with van der Waals surface area (Å²) in [7, 11) is -2.50. The summed E-state index contributed by atoms with van der Waals surface area (Å²) in [5.74, 6) is -0.495. The molecule has 1 aromatic rings. The van der Waals surface area contributed by atoms with Gasteiger partial charge in [-0.25, -0.2) is 13.2 Å². The Hall–Kier alpha value is -1.60. The number of aromatic hydroxyl groups is 1. The van der Waals surface area contributed by atoms with Gasteiger partial charge in [-0.05, 0) is 30.0 Å². The number of benzene rings is 1. The van der Waals surface area contributed by atoms with Gasteiger partial charge in [-0.3, -0.25) is 0 Å². The molecule has 1 saturated heterocycles. The van der Waals surface area contributed by atoms with Crippen molar-refractivity contribution in [2.75, 3.05) is 20.2 Å². The third-order valence-electron chi connectivity index (χ3n) is 3.97. The predicted octanol–water partition coefficient (Wildman–Crippen LogP) is 1.46. The summed E-state index contributed by atoms with van der Waals surface area (Å²) in [6.07, 6.45) is 0. The molecular formula is C14H19NO5S. The van der Waals surface area contributed by atoms with E-state index in [1.807, 2.05) is 13.8 Å². The SMILES string of the molecule is COC(=O)c1cc(S(=O)(=O)N2CC(C)C(C)C2)ccc1O. The first-order valence-corrected chi connectivity index (χ1v) is 8.13. The number of rotatable bonds is 3. The normalized spacial score (nSPS) is 23.2. The molecule has 116 valence electrons. The maximum Gasteiger partial charge on any atom is 0.341 e. The van der Waals surface area contributed by atoms with Gasteiger partial charge >= 0.3 is 5.97 Å². The van der Waals surface area contributed by atoms with Crippen molar-refractivity contribution in [3.8, 4) is 5.75 Å². The highest BCUT2D eigenvalue weighted by molar-refractivity contribution is 7.89. The van der Waals surface area contributed by atoms with Gasteiger partial charge in [-0.2, -0.15) is 4.31 Å². The van der Waals surface area contributed by atoms with E-state index in [1.54, 1.807) is 0 Å². The Morgan fingerprint density at radius 3 is 2.38 bits per heavy atom. The molecule has 7 heteroatoms. The first-order chi connectivity index (χ1) is 9.77. The fourth-order valence-corrected chi connectivity index (χ4v) is 4.04. The molecule has 2 atom stereocenters. The molecule has 1 heterocycles. The summed E-state index contributed by atoms with van der Waals surface area (Å²) < 4.78 is 31.1. The van der Waals surface area contributed by atoms with E-state index in [0.717, 1.165) is 6.07 Å². The molecule has 0 bridgehead atoms. The lowest BCUT2D eigenvalue weighted by Gasteiger charge is -2.17. The molecule has 0 saturated carbocycles. The van der Waals surface area contributed by atoms with Gasteiger partial charge in [0, 0.05) is 13.1 Å². The lowest BCUT2D eigenvalue weighted by Crippen LogP contribution is -2.29. The minimum absolute atomic E-state index is 0.0120. The summed E-state index contributed by atoms with van der Waals surface area (Å²) in [5.41, 5.74) is -0.154. The fourth-order valence-electron chi connectivity index (χ4n) is 2.37. The molecular weight excluding hydrogens is 294 g/mol. The summed E-state index contributed by atoms with van der Waals surface area (Å²) in [6.45, 7) is 4.93. The van der Waals surface area contributed by atoms with Crippen molar-refractivity contribution in [3.63, 3.8) is 0 Å². The maximum absolute atomic E-state index is 12.6. The number of phenolic OH excluding ortho intramolecular Hbond substituents is 1. The Morgan fingerprint density at radius 1 is 1.29 bits per heavy atom. The first kappa shape index (κ1) is 15.8. The quantitative estimate of drug-likeness (QED) is 0.854. The highest BCUT2D eigenvalue weighted by atomic mass is 32.2. The first-order valence-electron chi connectivity index (χ1n) is 6.69. The lowest BCUT2D eigenvalue weighted by molar-refractivity contribution is 0.0597. The van der Waals surface area contributed by atoms with Crippen molar-refractivity contribution in [2.45, 2.75) is 18.7 Å². The Kier molecular flexibility index (Phi) is 4.25. The second-order valence-corrected chi connectivity index (χ2v) is 7.39. The van der Waals surface area contributed by atoms with Crippen LogP contribution in [-0.4, -0.2) is 44.0 Å². The molecule has 0 amide bonds. The van der Waals surface area contributed by atoms with Crippen LogP contribution in [-0.2, 0) is 14.8 Å². The van der Waals surface area contributed by atoms with E-state index in [0.29, 0.717) is 13.1 Å². The summed E-state index contributed by atoms with van der Waals surface area (Å²) in [6, 6.07) is 3.65. The predicted molar refractivity (Wildman–Crippen MR) is 76.5 cm³/mol. The third-order valence-corrected chi connectivity index (χ3v) is 5.79. The molecule has 1 N–H and O–H groups in total. The van der Waals surface area contributed by atoms with Crippen molar-refractivity contribution < 1.29 is 23.1 Å². The molecule has 0 radical (unpaired) electrons. The highest BCUT2D eigenvalue weighted by Gasteiger charge is 2.35. The second kappa shape index (κ2) is 5.65. The van der Waals surface area contributed by atoms with Gasteiger partial charge in [0.25, 0.3) is 0 Å². The largest absolute Gasteiger partial charge is 0.507 e. The van der Waals surface area contributed by atoms with Crippen LogP contribution in [0.4, 0.5) is 0 Å². The van der Waals surface area contributed by atoms with Crippen LogP contribution in [0.2, 0.25) is 0 Å². The van der Waals surface area contributed by atoms with E-state index in [-0.39, 0.29) is 28.0 Å². The molecule has 2 unspecified atom stereocenters. The van der Waals surface area contributed by atoms with Gasteiger partial charge in [0.05, 0.1) is 12.0 Å². The Morgan fingerprint density at radius 2 is 1.86 bits per heavy atom. The number of nitrogens with zero attached hydrogens (tertiary/aromatic N) is 1. The molecule has 1 aliphatic rings. The topological polar surface area (TPSA) is 83.9 Å². The number of ether oxygens (including phenoxy) is 1. The average Bonchev–Trinajstić information content (AvgIpc) is 2.79. The molecule has 1 fully saturated rings. The third kappa shape index (κ3) is 2.89. The van der Waals surface area contributed by atoms with Crippen molar-refractivity contribution in [2.24, 2.45) is 11.8 Å². The van der Waals surface area contributed by atoms with E-state index in [2.05, 4.69) is 4.74 Å². The molecule has 0 spiro atoms. The molecule has 0 aromatic heterocycles. The zero-order valence-electron chi connectivity index (χ0n) is 12.2. The molecule has 0 aliphatic carbocycles. The maximum atomic E-state index is 12.6. The molecule has 6 nitrogen and oxygen atoms in total. The Labute approximate surface area is 124 Å². The van der Waals surface area contributed by atoms with Crippen LogP contribution in [0.15, 0.2) is 23.1 Å². The second-order valence-electron chi connectivity index (χ2n) is 5.45. The number of hydrogen-bond donors (Lipinski definition) is 1. The van der Waals surface area contributed by atoms with E-state index in [4.69, 9.17) is 0 Å². The van der Waals surface area contributed by atoms with E-state index in [9.17, 15) is 18.3 Å². The van der Waals surface area contributed by atoms with Crippen LogP contribution in [0.3, 0.4) is 0 Å². The van der Waals surface area contributed by atoms with Gasteiger partial charge in [-0.1, -0.05) is 13.8 Å². The Balaban J connectivity index is 2.40.